The van der Waals surface area contributed by atoms with Crippen LogP contribution in [0.1, 0.15) is 26.5 Å². The first-order valence-corrected chi connectivity index (χ1v) is 7.67. The molecule has 110 valence electrons. The molecule has 3 aromatic heterocycles. The molecule has 0 bridgehead atoms. The molecule has 0 spiro atoms. The summed E-state index contributed by atoms with van der Waals surface area (Å²) >= 11 is 0. The average Bonchev–Trinajstić information content (AvgIpc) is 2.85. The molecule has 0 unspecified atom stereocenters. The SMILES string of the molecule is CC(C)(C)Cc1nc2ccccc2c2nc3ccccn3c12. The highest BCUT2D eigenvalue weighted by Crippen LogP contribution is 2.30. The number of hydrogen-bond donors (Lipinski definition) is 0. The van der Waals surface area contributed by atoms with Crippen molar-refractivity contribution in [2.75, 3.05) is 0 Å². The van der Waals surface area contributed by atoms with Crippen molar-refractivity contribution in [3.63, 3.8) is 0 Å². The van der Waals surface area contributed by atoms with Gasteiger partial charge in [-0.1, -0.05) is 45.0 Å². The third-order valence-electron chi connectivity index (χ3n) is 3.92. The number of aromatic nitrogens is 3. The maximum Gasteiger partial charge on any atom is 0.137 e. The van der Waals surface area contributed by atoms with Crippen LogP contribution in [0.3, 0.4) is 0 Å². The summed E-state index contributed by atoms with van der Waals surface area (Å²) in [5.41, 5.74) is 5.50. The molecule has 22 heavy (non-hydrogen) atoms. The minimum absolute atomic E-state index is 0.182. The summed E-state index contributed by atoms with van der Waals surface area (Å²) in [5, 5.41) is 1.12. The van der Waals surface area contributed by atoms with Crippen LogP contribution in [0.25, 0.3) is 27.6 Å². The Bertz CT molecular complexity index is 990. The minimum atomic E-state index is 0.182. The molecule has 0 aliphatic rings. The Kier molecular flexibility index (Phi) is 2.73. The predicted molar refractivity (Wildman–Crippen MR) is 91.2 cm³/mol. The van der Waals surface area contributed by atoms with Crippen molar-refractivity contribution in [1.82, 2.24) is 14.4 Å². The van der Waals surface area contributed by atoms with Gasteiger partial charge in [-0.15, -0.1) is 0 Å². The molecular formula is C19H19N3. The van der Waals surface area contributed by atoms with Crippen molar-refractivity contribution >= 4 is 27.6 Å². The molecule has 3 nitrogen and oxygen atoms in total. The Hall–Kier alpha value is -2.42. The van der Waals surface area contributed by atoms with Crippen LogP contribution in [0.5, 0.6) is 0 Å². The van der Waals surface area contributed by atoms with Crippen molar-refractivity contribution in [3.05, 3.63) is 54.4 Å². The minimum Gasteiger partial charge on any atom is -0.298 e. The van der Waals surface area contributed by atoms with E-state index in [1.165, 1.54) is 0 Å². The number of imidazole rings is 1. The van der Waals surface area contributed by atoms with Crippen molar-refractivity contribution in [2.24, 2.45) is 5.41 Å². The van der Waals surface area contributed by atoms with E-state index in [1.54, 1.807) is 0 Å². The van der Waals surface area contributed by atoms with Gasteiger partial charge in [0.05, 0.1) is 16.7 Å². The third-order valence-corrected chi connectivity index (χ3v) is 3.92. The second-order valence-corrected chi connectivity index (χ2v) is 7.05. The largest absolute Gasteiger partial charge is 0.298 e. The van der Waals surface area contributed by atoms with Crippen LogP contribution in [0.15, 0.2) is 48.7 Å². The van der Waals surface area contributed by atoms with Crippen molar-refractivity contribution in [2.45, 2.75) is 27.2 Å². The van der Waals surface area contributed by atoms with E-state index in [1.807, 2.05) is 18.2 Å². The molecule has 4 rings (SSSR count). The van der Waals surface area contributed by atoms with Crippen LogP contribution in [-0.4, -0.2) is 14.4 Å². The first-order valence-electron chi connectivity index (χ1n) is 7.67. The number of fused-ring (bicyclic) bond motifs is 5. The van der Waals surface area contributed by atoms with Crippen LogP contribution in [-0.2, 0) is 6.42 Å². The summed E-state index contributed by atoms with van der Waals surface area (Å²) in [5.74, 6) is 0. The van der Waals surface area contributed by atoms with Gasteiger partial charge < -0.3 is 0 Å². The zero-order valence-corrected chi connectivity index (χ0v) is 13.2. The van der Waals surface area contributed by atoms with E-state index < -0.39 is 0 Å². The predicted octanol–water partition coefficient (Wildman–Crippen LogP) is 4.62. The lowest BCUT2D eigenvalue weighted by atomic mass is 9.89. The second-order valence-electron chi connectivity index (χ2n) is 7.05. The van der Waals surface area contributed by atoms with Crippen LogP contribution < -0.4 is 0 Å². The van der Waals surface area contributed by atoms with E-state index in [0.29, 0.717) is 0 Å². The monoisotopic (exact) mass is 289 g/mol. The zero-order valence-electron chi connectivity index (χ0n) is 13.2. The third kappa shape index (κ3) is 2.05. The molecule has 0 fully saturated rings. The molecule has 3 heteroatoms. The maximum atomic E-state index is 4.95. The number of rotatable bonds is 1. The van der Waals surface area contributed by atoms with Crippen LogP contribution in [0, 0.1) is 5.41 Å². The Labute approximate surface area is 129 Å². The van der Waals surface area contributed by atoms with Gasteiger partial charge in [-0.3, -0.25) is 9.38 Å². The van der Waals surface area contributed by atoms with Gasteiger partial charge in [-0.25, -0.2) is 4.98 Å². The standard InChI is InChI=1S/C19H19N3/c1-19(2,3)12-15-18-17(13-8-4-5-9-14(13)20-15)21-16-10-6-7-11-22(16)18/h4-11H,12H2,1-3H3. The van der Waals surface area contributed by atoms with E-state index in [0.717, 1.165) is 39.7 Å². The second kappa shape index (κ2) is 4.54. The van der Waals surface area contributed by atoms with Gasteiger partial charge in [0.1, 0.15) is 11.2 Å². The van der Waals surface area contributed by atoms with Gasteiger partial charge >= 0.3 is 0 Å². The molecule has 0 saturated heterocycles. The molecule has 0 saturated carbocycles. The fraction of sp³-hybridized carbons (Fsp3) is 0.263. The van der Waals surface area contributed by atoms with Gasteiger partial charge in [-0.05, 0) is 30.0 Å². The van der Waals surface area contributed by atoms with Gasteiger partial charge in [0.15, 0.2) is 0 Å². The molecule has 0 N–H and O–H groups in total. The van der Waals surface area contributed by atoms with E-state index >= 15 is 0 Å². The van der Waals surface area contributed by atoms with Gasteiger partial charge in [0, 0.05) is 11.6 Å². The summed E-state index contributed by atoms with van der Waals surface area (Å²) in [4.78, 5) is 9.81. The Balaban J connectivity index is 2.19. The Morgan fingerprint density at radius 1 is 0.955 bits per heavy atom. The van der Waals surface area contributed by atoms with Gasteiger partial charge in [0.2, 0.25) is 0 Å². The topological polar surface area (TPSA) is 30.2 Å². The summed E-state index contributed by atoms with van der Waals surface area (Å²) in [6.07, 6.45) is 3.00. The highest BCUT2D eigenvalue weighted by atomic mass is 15.0. The summed E-state index contributed by atoms with van der Waals surface area (Å²) in [7, 11) is 0. The lowest BCUT2D eigenvalue weighted by Gasteiger charge is -2.18. The van der Waals surface area contributed by atoms with E-state index in [2.05, 4.69) is 55.6 Å². The van der Waals surface area contributed by atoms with Crippen molar-refractivity contribution in [1.29, 1.82) is 0 Å². The highest BCUT2D eigenvalue weighted by molar-refractivity contribution is 6.04. The Morgan fingerprint density at radius 3 is 2.55 bits per heavy atom. The summed E-state index contributed by atoms with van der Waals surface area (Å²) in [6.45, 7) is 6.75. The normalized spacial score (nSPS) is 12.5. The number of para-hydroxylation sites is 1. The fourth-order valence-corrected chi connectivity index (χ4v) is 3.05. The zero-order chi connectivity index (χ0) is 15.3. The summed E-state index contributed by atoms with van der Waals surface area (Å²) < 4.78 is 2.16. The molecule has 0 aliphatic heterocycles. The smallest absolute Gasteiger partial charge is 0.137 e. The molecule has 0 aliphatic carbocycles. The van der Waals surface area contributed by atoms with E-state index in [9.17, 15) is 0 Å². The van der Waals surface area contributed by atoms with Crippen LogP contribution in [0.2, 0.25) is 0 Å². The molecule has 4 aromatic rings. The number of hydrogen-bond acceptors (Lipinski definition) is 2. The lowest BCUT2D eigenvalue weighted by Crippen LogP contribution is -2.11. The molecule has 0 amide bonds. The van der Waals surface area contributed by atoms with Gasteiger partial charge in [0.25, 0.3) is 0 Å². The molecular weight excluding hydrogens is 270 g/mol. The Morgan fingerprint density at radius 2 is 1.73 bits per heavy atom. The highest BCUT2D eigenvalue weighted by Gasteiger charge is 2.19. The lowest BCUT2D eigenvalue weighted by molar-refractivity contribution is 0.408. The van der Waals surface area contributed by atoms with E-state index in [4.69, 9.17) is 9.97 Å². The first kappa shape index (κ1) is 13.3. The van der Waals surface area contributed by atoms with Crippen molar-refractivity contribution < 1.29 is 0 Å². The fourth-order valence-electron chi connectivity index (χ4n) is 3.05. The molecule has 0 radical (unpaired) electrons. The quantitative estimate of drug-likeness (QED) is 0.511. The van der Waals surface area contributed by atoms with E-state index in [-0.39, 0.29) is 5.41 Å². The van der Waals surface area contributed by atoms with Crippen LogP contribution in [0.4, 0.5) is 0 Å². The first-order chi connectivity index (χ1) is 10.5. The number of pyridine rings is 2. The van der Waals surface area contributed by atoms with Gasteiger partial charge in [-0.2, -0.15) is 0 Å². The summed E-state index contributed by atoms with van der Waals surface area (Å²) in [6, 6.07) is 14.4. The van der Waals surface area contributed by atoms with Crippen molar-refractivity contribution in [3.8, 4) is 0 Å². The van der Waals surface area contributed by atoms with Crippen LogP contribution >= 0.6 is 0 Å². The molecule has 0 atom stereocenters. The maximum absolute atomic E-state index is 4.95. The molecule has 1 aromatic carbocycles. The average molecular weight is 289 g/mol. The molecule has 3 heterocycles. The number of nitrogens with zero attached hydrogens (tertiary/aromatic N) is 3. The number of benzene rings is 1.